The van der Waals surface area contributed by atoms with Crippen LogP contribution in [-0.4, -0.2) is 32.3 Å². The number of rotatable bonds is 4. The maximum Gasteiger partial charge on any atom is 0.302 e. The lowest BCUT2D eigenvalue weighted by atomic mass is 9.79. The molecule has 2 N–H and O–H groups in total. The van der Waals surface area contributed by atoms with Crippen molar-refractivity contribution < 1.29 is 19.0 Å². The zero-order chi connectivity index (χ0) is 15.4. The highest BCUT2D eigenvalue weighted by molar-refractivity contribution is 5.66. The fourth-order valence-electron chi connectivity index (χ4n) is 3.00. The average Bonchev–Trinajstić information content (AvgIpc) is 2.46. The summed E-state index contributed by atoms with van der Waals surface area (Å²) in [5.41, 5.74) is 7.42. The molecule has 0 radical (unpaired) electrons. The minimum absolute atomic E-state index is 0.0267. The van der Waals surface area contributed by atoms with Gasteiger partial charge in [0.1, 0.15) is 6.10 Å². The highest BCUT2D eigenvalue weighted by Crippen LogP contribution is 2.37. The van der Waals surface area contributed by atoms with Crippen molar-refractivity contribution >= 4 is 5.97 Å². The van der Waals surface area contributed by atoms with Crippen molar-refractivity contribution in [3.63, 3.8) is 0 Å². The first-order valence-electron chi connectivity index (χ1n) is 7.20. The van der Waals surface area contributed by atoms with E-state index in [0.29, 0.717) is 17.9 Å². The summed E-state index contributed by atoms with van der Waals surface area (Å²) in [6.07, 6.45) is 2.37. The van der Waals surface area contributed by atoms with Gasteiger partial charge in [0.05, 0.1) is 14.2 Å². The van der Waals surface area contributed by atoms with E-state index in [2.05, 4.69) is 0 Å². The third-order valence-electron chi connectivity index (χ3n) is 4.02. The predicted octanol–water partition coefficient (Wildman–Crippen LogP) is 2.23. The van der Waals surface area contributed by atoms with Gasteiger partial charge in [0, 0.05) is 19.4 Å². The second kappa shape index (κ2) is 6.80. The van der Waals surface area contributed by atoms with E-state index in [9.17, 15) is 4.79 Å². The third kappa shape index (κ3) is 3.67. The molecule has 3 atom stereocenters. The van der Waals surface area contributed by atoms with Crippen LogP contribution in [0.5, 0.6) is 11.5 Å². The molecular formula is C16H23NO4. The lowest BCUT2D eigenvalue weighted by Crippen LogP contribution is -2.38. The summed E-state index contributed by atoms with van der Waals surface area (Å²) in [5.74, 6) is 1.43. The fraction of sp³-hybridized carbons (Fsp3) is 0.562. The van der Waals surface area contributed by atoms with Crippen LogP contribution in [0.3, 0.4) is 0 Å². The molecule has 1 aromatic rings. The Bertz CT molecular complexity index is 503. The summed E-state index contributed by atoms with van der Waals surface area (Å²) >= 11 is 0. The molecule has 0 saturated heterocycles. The van der Waals surface area contributed by atoms with E-state index < -0.39 is 0 Å². The van der Waals surface area contributed by atoms with Crippen LogP contribution in [0.25, 0.3) is 0 Å². The number of carbonyl (C=O) groups excluding carboxylic acids is 1. The van der Waals surface area contributed by atoms with E-state index in [1.165, 1.54) is 6.92 Å². The molecule has 1 aromatic carbocycles. The maximum atomic E-state index is 11.0. The largest absolute Gasteiger partial charge is 0.493 e. The molecule has 5 nitrogen and oxygen atoms in total. The summed E-state index contributed by atoms with van der Waals surface area (Å²) in [5, 5.41) is 0. The highest BCUT2D eigenvalue weighted by Gasteiger charge is 2.31. The molecule has 21 heavy (non-hydrogen) atoms. The van der Waals surface area contributed by atoms with Crippen molar-refractivity contribution in [1.29, 1.82) is 0 Å². The summed E-state index contributed by atoms with van der Waals surface area (Å²) in [6.45, 7) is 1.44. The summed E-state index contributed by atoms with van der Waals surface area (Å²) in [4.78, 5) is 11.0. The second-order valence-corrected chi connectivity index (χ2v) is 5.43. The quantitative estimate of drug-likeness (QED) is 0.862. The van der Waals surface area contributed by atoms with Crippen LogP contribution in [0, 0.1) is 0 Å². The van der Waals surface area contributed by atoms with Gasteiger partial charge in [0.15, 0.2) is 11.5 Å². The van der Waals surface area contributed by atoms with Crippen LogP contribution < -0.4 is 15.2 Å². The summed E-state index contributed by atoms with van der Waals surface area (Å²) in [6, 6.07) is 5.88. The second-order valence-electron chi connectivity index (χ2n) is 5.43. The molecule has 3 unspecified atom stereocenters. The Morgan fingerprint density at radius 3 is 2.48 bits per heavy atom. The zero-order valence-electron chi connectivity index (χ0n) is 12.8. The number of methoxy groups -OCH3 is 2. The molecule has 0 heterocycles. The number of nitrogens with two attached hydrogens (primary N) is 1. The number of hydrogen-bond donors (Lipinski definition) is 1. The van der Waals surface area contributed by atoms with Crippen molar-refractivity contribution in [1.82, 2.24) is 0 Å². The van der Waals surface area contributed by atoms with Crippen LogP contribution in [0.2, 0.25) is 0 Å². The molecule has 0 aliphatic heterocycles. The number of benzene rings is 1. The Balaban J connectivity index is 2.11. The monoisotopic (exact) mass is 293 g/mol. The van der Waals surface area contributed by atoms with Gasteiger partial charge in [-0.15, -0.1) is 0 Å². The SMILES string of the molecule is COc1ccc(C2CCC(OC(C)=O)CC2N)cc1OC. The van der Waals surface area contributed by atoms with Gasteiger partial charge < -0.3 is 19.9 Å². The molecule has 116 valence electrons. The van der Waals surface area contributed by atoms with Crippen molar-refractivity contribution in [2.75, 3.05) is 14.2 Å². The van der Waals surface area contributed by atoms with E-state index in [1.807, 2.05) is 18.2 Å². The molecule has 0 aromatic heterocycles. The molecule has 1 fully saturated rings. The fourth-order valence-corrected chi connectivity index (χ4v) is 3.00. The van der Waals surface area contributed by atoms with Gasteiger partial charge in [-0.2, -0.15) is 0 Å². The minimum Gasteiger partial charge on any atom is -0.493 e. The predicted molar refractivity (Wildman–Crippen MR) is 79.7 cm³/mol. The summed E-state index contributed by atoms with van der Waals surface area (Å²) in [7, 11) is 3.24. The van der Waals surface area contributed by atoms with Crippen LogP contribution >= 0.6 is 0 Å². The lowest BCUT2D eigenvalue weighted by Gasteiger charge is -2.34. The van der Waals surface area contributed by atoms with E-state index >= 15 is 0 Å². The number of carbonyl (C=O) groups is 1. The van der Waals surface area contributed by atoms with Gasteiger partial charge >= 0.3 is 5.97 Å². The van der Waals surface area contributed by atoms with Crippen molar-refractivity contribution in [2.24, 2.45) is 5.73 Å². The standard InChI is InChI=1S/C16H23NO4/c1-10(18)21-12-5-6-13(14(17)9-12)11-4-7-15(19-2)16(8-11)20-3/h4,7-8,12-14H,5-6,9,17H2,1-3H3. The zero-order valence-corrected chi connectivity index (χ0v) is 12.8. The topological polar surface area (TPSA) is 70.8 Å². The minimum atomic E-state index is -0.239. The van der Waals surface area contributed by atoms with Crippen LogP contribution in [0.15, 0.2) is 18.2 Å². The van der Waals surface area contributed by atoms with Crippen LogP contribution in [-0.2, 0) is 9.53 Å². The van der Waals surface area contributed by atoms with Gasteiger partial charge in [0.25, 0.3) is 0 Å². The van der Waals surface area contributed by atoms with Crippen molar-refractivity contribution in [3.05, 3.63) is 23.8 Å². The number of hydrogen-bond acceptors (Lipinski definition) is 5. The van der Waals surface area contributed by atoms with Crippen molar-refractivity contribution in [2.45, 2.75) is 44.2 Å². The molecule has 0 bridgehead atoms. The van der Waals surface area contributed by atoms with Crippen LogP contribution in [0.1, 0.15) is 37.7 Å². The first-order chi connectivity index (χ1) is 10.0. The third-order valence-corrected chi connectivity index (χ3v) is 4.02. The Morgan fingerprint density at radius 1 is 1.19 bits per heavy atom. The smallest absolute Gasteiger partial charge is 0.302 e. The average molecular weight is 293 g/mol. The van der Waals surface area contributed by atoms with Crippen LogP contribution in [0.4, 0.5) is 0 Å². The molecule has 1 saturated carbocycles. The van der Waals surface area contributed by atoms with E-state index in [4.69, 9.17) is 19.9 Å². The molecule has 1 aliphatic rings. The van der Waals surface area contributed by atoms with Gasteiger partial charge in [-0.1, -0.05) is 6.07 Å². The first-order valence-corrected chi connectivity index (χ1v) is 7.20. The Labute approximate surface area is 125 Å². The van der Waals surface area contributed by atoms with Crippen molar-refractivity contribution in [3.8, 4) is 11.5 Å². The first kappa shape index (κ1) is 15.6. The normalized spacial score (nSPS) is 25.2. The van der Waals surface area contributed by atoms with E-state index in [-0.39, 0.29) is 24.0 Å². The lowest BCUT2D eigenvalue weighted by molar-refractivity contribution is -0.148. The molecule has 1 aliphatic carbocycles. The number of esters is 1. The maximum absolute atomic E-state index is 11.0. The summed E-state index contributed by atoms with van der Waals surface area (Å²) < 4.78 is 15.9. The number of ether oxygens (including phenoxy) is 3. The highest BCUT2D eigenvalue weighted by atomic mass is 16.5. The van der Waals surface area contributed by atoms with E-state index in [1.54, 1.807) is 14.2 Å². The Hall–Kier alpha value is -1.75. The van der Waals surface area contributed by atoms with Gasteiger partial charge in [-0.25, -0.2) is 0 Å². The molecular weight excluding hydrogens is 270 g/mol. The van der Waals surface area contributed by atoms with E-state index in [0.717, 1.165) is 18.4 Å². The van der Waals surface area contributed by atoms with Gasteiger partial charge in [-0.05, 0) is 36.5 Å². The molecule has 5 heteroatoms. The molecule has 2 rings (SSSR count). The molecule has 0 amide bonds. The Kier molecular flexibility index (Phi) is 5.07. The van der Waals surface area contributed by atoms with Gasteiger partial charge in [0.2, 0.25) is 0 Å². The Morgan fingerprint density at radius 2 is 1.90 bits per heavy atom. The molecule has 0 spiro atoms. The van der Waals surface area contributed by atoms with Gasteiger partial charge in [-0.3, -0.25) is 4.79 Å².